The summed E-state index contributed by atoms with van der Waals surface area (Å²) in [5.74, 6) is 0.513. The zero-order valence-corrected chi connectivity index (χ0v) is 17.8. The van der Waals surface area contributed by atoms with Crippen LogP contribution in [0.1, 0.15) is 36.8 Å². The molecular weight excluding hydrogens is 374 g/mol. The molecule has 1 aromatic carbocycles. The molecule has 0 bridgehead atoms. The Kier molecular flexibility index (Phi) is 4.66. The summed E-state index contributed by atoms with van der Waals surface area (Å²) in [5, 5.41) is 5.57. The standard InChI is InChI=1S/C24H27N5O/c1-4-28-9-7-17(8-10-28)18-5-6-22-25-21(13-23(30)29(22)15-18)19-11-16(2)24-20(12-19)14-27(3)26-24/h5-6,11-15,17H,4,7-10H2,1-3H3. The lowest BCUT2D eigenvalue weighted by atomic mass is 9.90. The maximum Gasteiger partial charge on any atom is 0.258 e. The van der Waals surface area contributed by atoms with Crippen LogP contribution in [0, 0.1) is 6.92 Å². The van der Waals surface area contributed by atoms with Gasteiger partial charge in [0.2, 0.25) is 0 Å². The molecule has 0 N–H and O–H groups in total. The highest BCUT2D eigenvalue weighted by molar-refractivity contribution is 5.86. The molecule has 4 heterocycles. The maximum atomic E-state index is 13.0. The Labute approximate surface area is 175 Å². The van der Waals surface area contributed by atoms with Crippen LogP contribution in [0.15, 0.2) is 47.5 Å². The van der Waals surface area contributed by atoms with Crippen LogP contribution in [0.5, 0.6) is 0 Å². The molecule has 3 aromatic heterocycles. The Morgan fingerprint density at radius 3 is 2.67 bits per heavy atom. The van der Waals surface area contributed by atoms with Crippen molar-refractivity contribution in [2.45, 2.75) is 32.6 Å². The van der Waals surface area contributed by atoms with Crippen LogP contribution in [-0.4, -0.2) is 43.7 Å². The molecule has 6 heteroatoms. The first-order chi connectivity index (χ1) is 14.5. The largest absolute Gasteiger partial charge is 0.304 e. The Hall–Kier alpha value is -2.99. The van der Waals surface area contributed by atoms with E-state index in [1.807, 2.05) is 37.1 Å². The number of benzene rings is 1. The van der Waals surface area contributed by atoms with Gasteiger partial charge in [0.05, 0.1) is 11.2 Å². The lowest BCUT2D eigenvalue weighted by Crippen LogP contribution is -2.32. The molecule has 0 spiro atoms. The highest BCUT2D eigenvalue weighted by Crippen LogP contribution is 2.29. The molecule has 0 aliphatic carbocycles. The number of fused-ring (bicyclic) bond motifs is 2. The predicted octanol–water partition coefficient (Wildman–Crippen LogP) is 3.76. The Morgan fingerprint density at radius 2 is 1.90 bits per heavy atom. The monoisotopic (exact) mass is 401 g/mol. The van der Waals surface area contributed by atoms with Crippen molar-refractivity contribution < 1.29 is 0 Å². The first-order valence-corrected chi connectivity index (χ1v) is 10.7. The Morgan fingerprint density at radius 1 is 1.10 bits per heavy atom. The fraction of sp³-hybridized carbons (Fsp3) is 0.375. The average molecular weight is 402 g/mol. The van der Waals surface area contributed by atoms with Crippen LogP contribution in [-0.2, 0) is 7.05 Å². The van der Waals surface area contributed by atoms with Gasteiger partial charge in [0.1, 0.15) is 5.65 Å². The van der Waals surface area contributed by atoms with Crippen LogP contribution in [0.2, 0.25) is 0 Å². The van der Waals surface area contributed by atoms with Gasteiger partial charge in [-0.25, -0.2) is 4.98 Å². The van der Waals surface area contributed by atoms with Crippen LogP contribution in [0.3, 0.4) is 0 Å². The minimum atomic E-state index is -0.0354. The molecule has 1 aliphatic heterocycles. The van der Waals surface area contributed by atoms with E-state index in [0.717, 1.165) is 54.5 Å². The van der Waals surface area contributed by atoms with Crippen LogP contribution in [0.4, 0.5) is 0 Å². The number of rotatable bonds is 3. The summed E-state index contributed by atoms with van der Waals surface area (Å²) in [5.41, 5.74) is 5.61. The molecule has 4 aromatic rings. The van der Waals surface area contributed by atoms with Gasteiger partial charge in [0.25, 0.3) is 5.56 Å². The third-order valence-corrected chi connectivity index (χ3v) is 6.40. The van der Waals surface area contributed by atoms with E-state index in [4.69, 9.17) is 4.98 Å². The molecule has 0 atom stereocenters. The van der Waals surface area contributed by atoms with E-state index < -0.39 is 0 Å². The zero-order chi connectivity index (χ0) is 20.8. The van der Waals surface area contributed by atoms with E-state index in [1.165, 1.54) is 5.56 Å². The third kappa shape index (κ3) is 3.31. The third-order valence-electron chi connectivity index (χ3n) is 6.40. The molecule has 5 rings (SSSR count). The Balaban J connectivity index is 1.53. The highest BCUT2D eigenvalue weighted by atomic mass is 16.1. The van der Waals surface area contributed by atoms with Gasteiger partial charge in [-0.3, -0.25) is 13.9 Å². The van der Waals surface area contributed by atoms with Crippen LogP contribution >= 0.6 is 0 Å². The first kappa shape index (κ1) is 19.0. The van der Waals surface area contributed by atoms with Crippen molar-refractivity contribution in [1.82, 2.24) is 24.1 Å². The molecule has 0 saturated carbocycles. The topological polar surface area (TPSA) is 55.4 Å². The quantitative estimate of drug-likeness (QED) is 0.525. The summed E-state index contributed by atoms with van der Waals surface area (Å²) >= 11 is 0. The fourth-order valence-corrected chi connectivity index (χ4v) is 4.67. The van der Waals surface area contributed by atoms with Crippen LogP contribution < -0.4 is 5.56 Å². The number of aryl methyl sites for hydroxylation is 2. The summed E-state index contributed by atoms with van der Waals surface area (Å²) in [7, 11) is 1.92. The van der Waals surface area contributed by atoms with Crippen molar-refractivity contribution in [1.29, 1.82) is 0 Å². The van der Waals surface area contributed by atoms with Crippen molar-refractivity contribution in [2.75, 3.05) is 19.6 Å². The summed E-state index contributed by atoms with van der Waals surface area (Å²) in [4.78, 5) is 20.2. The Bertz CT molecular complexity index is 1290. The molecule has 1 saturated heterocycles. The predicted molar refractivity (Wildman–Crippen MR) is 120 cm³/mol. The molecule has 1 aliphatic rings. The number of likely N-dealkylation sites (tertiary alicyclic amines) is 1. The number of aromatic nitrogens is 4. The van der Waals surface area contributed by atoms with Crippen molar-refractivity contribution in [3.63, 3.8) is 0 Å². The molecule has 154 valence electrons. The minimum Gasteiger partial charge on any atom is -0.304 e. The van der Waals surface area contributed by atoms with Crippen molar-refractivity contribution in [3.05, 3.63) is 64.2 Å². The summed E-state index contributed by atoms with van der Waals surface area (Å²) in [6.07, 6.45) is 6.28. The van der Waals surface area contributed by atoms with E-state index in [-0.39, 0.29) is 5.56 Å². The van der Waals surface area contributed by atoms with Gasteiger partial charge in [-0.05, 0) is 74.6 Å². The van der Waals surface area contributed by atoms with E-state index in [2.05, 4.69) is 35.1 Å². The number of pyridine rings is 1. The fourth-order valence-electron chi connectivity index (χ4n) is 4.67. The van der Waals surface area contributed by atoms with Gasteiger partial charge >= 0.3 is 0 Å². The molecule has 0 unspecified atom stereocenters. The van der Waals surface area contributed by atoms with Crippen LogP contribution in [0.25, 0.3) is 27.8 Å². The number of piperidine rings is 1. The van der Waals surface area contributed by atoms with Gasteiger partial charge in [-0.15, -0.1) is 0 Å². The first-order valence-electron chi connectivity index (χ1n) is 10.7. The molecule has 0 radical (unpaired) electrons. The van der Waals surface area contributed by atoms with Gasteiger partial charge in [0.15, 0.2) is 0 Å². The number of hydrogen-bond acceptors (Lipinski definition) is 4. The van der Waals surface area contributed by atoms with E-state index >= 15 is 0 Å². The number of hydrogen-bond donors (Lipinski definition) is 0. The molecule has 6 nitrogen and oxygen atoms in total. The summed E-state index contributed by atoms with van der Waals surface area (Å²) < 4.78 is 3.51. The zero-order valence-electron chi connectivity index (χ0n) is 17.8. The van der Waals surface area contributed by atoms with Gasteiger partial charge in [-0.1, -0.05) is 13.0 Å². The molecular formula is C24H27N5O. The second-order valence-electron chi connectivity index (χ2n) is 8.41. The van der Waals surface area contributed by atoms with Gasteiger partial charge in [-0.2, -0.15) is 5.10 Å². The minimum absolute atomic E-state index is 0.0354. The second-order valence-corrected chi connectivity index (χ2v) is 8.41. The normalized spacial score (nSPS) is 16.0. The van der Waals surface area contributed by atoms with Gasteiger partial charge < -0.3 is 4.90 Å². The molecule has 1 fully saturated rings. The second kappa shape index (κ2) is 7.36. The van der Waals surface area contributed by atoms with Crippen molar-refractivity contribution in [2.24, 2.45) is 7.05 Å². The summed E-state index contributed by atoms with van der Waals surface area (Å²) in [6.45, 7) is 7.62. The van der Waals surface area contributed by atoms with Crippen molar-refractivity contribution >= 4 is 16.6 Å². The lowest BCUT2D eigenvalue weighted by molar-refractivity contribution is 0.222. The summed E-state index contributed by atoms with van der Waals surface area (Å²) in [6, 6.07) is 9.90. The smallest absolute Gasteiger partial charge is 0.258 e. The molecule has 0 amide bonds. The van der Waals surface area contributed by atoms with E-state index in [0.29, 0.717) is 17.3 Å². The average Bonchev–Trinajstić information content (AvgIpc) is 3.14. The lowest BCUT2D eigenvalue weighted by Gasteiger charge is -2.31. The SMILES string of the molecule is CCN1CCC(c2ccc3nc(-c4cc(C)c5nn(C)cc5c4)cc(=O)n3c2)CC1. The highest BCUT2D eigenvalue weighted by Gasteiger charge is 2.20. The van der Waals surface area contributed by atoms with Crippen molar-refractivity contribution in [3.8, 4) is 11.3 Å². The maximum absolute atomic E-state index is 13.0. The van der Waals surface area contributed by atoms with E-state index in [1.54, 1.807) is 10.5 Å². The number of nitrogens with zero attached hydrogens (tertiary/aromatic N) is 5. The molecule has 30 heavy (non-hydrogen) atoms. The van der Waals surface area contributed by atoms with Gasteiger partial charge in [0, 0.05) is 36.5 Å². The van der Waals surface area contributed by atoms with E-state index in [9.17, 15) is 4.79 Å².